The average molecular weight is 180 g/mol. The van der Waals surface area contributed by atoms with Crippen molar-refractivity contribution in [2.24, 2.45) is 0 Å². The van der Waals surface area contributed by atoms with Crippen molar-refractivity contribution in [3.8, 4) is 0 Å². The van der Waals surface area contributed by atoms with E-state index in [-0.39, 0.29) is 0 Å². The first-order chi connectivity index (χ1) is 5.77. The molecule has 0 saturated carbocycles. The lowest BCUT2D eigenvalue weighted by Crippen LogP contribution is -2.44. The van der Waals surface area contributed by atoms with Crippen molar-refractivity contribution in [1.82, 2.24) is 5.43 Å². The normalized spacial score (nSPS) is 14.8. The quantitative estimate of drug-likeness (QED) is 0.588. The highest BCUT2D eigenvalue weighted by Crippen LogP contribution is 2.25. The molecule has 4 nitrogen and oxygen atoms in total. The number of hydrogen-bond acceptors (Lipinski definition) is 3. The van der Waals surface area contributed by atoms with Crippen LogP contribution in [0.1, 0.15) is 0 Å². The van der Waals surface area contributed by atoms with Crippen molar-refractivity contribution in [1.29, 1.82) is 0 Å². The molecule has 1 aromatic rings. The third kappa shape index (κ3) is 1.09. The molecular formula is C7H6N3OS-. The van der Waals surface area contributed by atoms with Crippen molar-refractivity contribution in [2.75, 3.05) is 10.5 Å². The van der Waals surface area contributed by atoms with Gasteiger partial charge in [-0.1, -0.05) is 12.1 Å². The Labute approximate surface area is 74.7 Å². The Balaban J connectivity index is 2.47. The summed E-state index contributed by atoms with van der Waals surface area (Å²) in [5.74, 6) is 0. The maximum absolute atomic E-state index is 11.2. The third-order valence-electron chi connectivity index (χ3n) is 1.57. The Morgan fingerprint density at radius 3 is 2.92 bits per heavy atom. The fraction of sp³-hybridized carbons (Fsp3) is 0. The van der Waals surface area contributed by atoms with Gasteiger partial charge in [-0.3, -0.25) is 5.43 Å². The van der Waals surface area contributed by atoms with Gasteiger partial charge < -0.3 is 15.7 Å². The smallest absolute Gasteiger partial charge is 0.189 e. The van der Waals surface area contributed by atoms with Gasteiger partial charge in [-0.15, -0.1) is 0 Å². The van der Waals surface area contributed by atoms with Crippen molar-refractivity contribution >= 4 is 28.7 Å². The SMILES string of the molecule is [O-]N1NC(=S)Nc2ccccc21. The Hall–Kier alpha value is -1.33. The predicted octanol–water partition coefficient (Wildman–Crippen LogP) is 1.21. The number of benzene rings is 1. The van der Waals surface area contributed by atoms with Crippen LogP contribution in [0.3, 0.4) is 0 Å². The summed E-state index contributed by atoms with van der Waals surface area (Å²) >= 11 is 4.80. The number of thiocarbonyl (C=S) groups is 1. The molecule has 1 aliphatic rings. The van der Waals surface area contributed by atoms with E-state index < -0.39 is 0 Å². The van der Waals surface area contributed by atoms with Gasteiger partial charge in [-0.05, 0) is 24.4 Å². The maximum Gasteiger partial charge on any atom is 0.189 e. The van der Waals surface area contributed by atoms with Crippen LogP contribution in [0.2, 0.25) is 0 Å². The number of anilines is 2. The first-order valence-corrected chi connectivity index (χ1v) is 3.82. The zero-order chi connectivity index (χ0) is 8.55. The van der Waals surface area contributed by atoms with E-state index in [0.717, 1.165) is 5.69 Å². The van der Waals surface area contributed by atoms with Gasteiger partial charge in [0.05, 0.1) is 11.4 Å². The van der Waals surface area contributed by atoms with Gasteiger partial charge in [0.1, 0.15) is 0 Å². The molecule has 12 heavy (non-hydrogen) atoms. The number of nitrogens with zero attached hydrogens (tertiary/aromatic N) is 1. The van der Waals surface area contributed by atoms with Crippen LogP contribution in [0.25, 0.3) is 0 Å². The van der Waals surface area contributed by atoms with E-state index in [1.165, 1.54) is 0 Å². The van der Waals surface area contributed by atoms with Gasteiger partial charge in [0, 0.05) is 0 Å². The molecule has 0 aromatic heterocycles. The zero-order valence-electron chi connectivity index (χ0n) is 6.07. The highest BCUT2D eigenvalue weighted by atomic mass is 32.1. The molecule has 62 valence electrons. The molecule has 5 heteroatoms. The molecule has 0 unspecified atom stereocenters. The largest absolute Gasteiger partial charge is 0.739 e. The highest BCUT2D eigenvalue weighted by molar-refractivity contribution is 7.80. The van der Waals surface area contributed by atoms with E-state index in [1.807, 2.05) is 6.07 Å². The molecule has 0 atom stereocenters. The van der Waals surface area contributed by atoms with Crippen LogP contribution in [0, 0.1) is 5.21 Å². The molecule has 2 N–H and O–H groups in total. The average Bonchev–Trinajstić information content (AvgIpc) is 2.04. The van der Waals surface area contributed by atoms with E-state index in [2.05, 4.69) is 10.7 Å². The fourth-order valence-corrected chi connectivity index (χ4v) is 1.25. The van der Waals surface area contributed by atoms with Gasteiger partial charge in [0.25, 0.3) is 0 Å². The van der Waals surface area contributed by atoms with Gasteiger partial charge >= 0.3 is 0 Å². The molecule has 1 aromatic carbocycles. The topological polar surface area (TPSA) is 50.4 Å². The summed E-state index contributed by atoms with van der Waals surface area (Å²) in [6.45, 7) is 0. The maximum atomic E-state index is 11.2. The van der Waals surface area contributed by atoms with Gasteiger partial charge in [0.15, 0.2) is 5.11 Å². The summed E-state index contributed by atoms with van der Waals surface area (Å²) in [4.78, 5) is 0. The van der Waals surface area contributed by atoms with Crippen LogP contribution in [-0.2, 0) is 0 Å². The molecule has 0 spiro atoms. The van der Waals surface area contributed by atoms with Crippen LogP contribution >= 0.6 is 12.2 Å². The second kappa shape index (κ2) is 2.62. The van der Waals surface area contributed by atoms with Gasteiger partial charge in [-0.25, -0.2) is 0 Å². The molecule has 0 aliphatic carbocycles. The van der Waals surface area contributed by atoms with E-state index in [1.54, 1.807) is 18.2 Å². The Morgan fingerprint density at radius 1 is 1.33 bits per heavy atom. The molecule has 0 amide bonds. The van der Waals surface area contributed by atoms with Crippen LogP contribution in [0.5, 0.6) is 0 Å². The second-order valence-electron chi connectivity index (χ2n) is 2.38. The highest BCUT2D eigenvalue weighted by Gasteiger charge is 2.10. The number of hydrogen-bond donors (Lipinski definition) is 2. The molecular weight excluding hydrogens is 174 g/mol. The van der Waals surface area contributed by atoms with Gasteiger partial charge in [-0.2, -0.15) is 0 Å². The van der Waals surface area contributed by atoms with Crippen LogP contribution in [-0.4, -0.2) is 5.11 Å². The number of para-hydroxylation sites is 2. The van der Waals surface area contributed by atoms with Crippen LogP contribution in [0.4, 0.5) is 11.4 Å². The molecule has 0 bridgehead atoms. The minimum absolute atomic E-state index is 0.323. The Bertz CT molecular complexity index is 328. The molecule has 1 heterocycles. The Kier molecular flexibility index (Phi) is 1.60. The molecule has 1 aliphatic heterocycles. The van der Waals surface area contributed by atoms with Crippen LogP contribution in [0.15, 0.2) is 24.3 Å². The molecule has 0 fully saturated rings. The van der Waals surface area contributed by atoms with Crippen molar-refractivity contribution in [3.63, 3.8) is 0 Å². The van der Waals surface area contributed by atoms with E-state index in [9.17, 15) is 5.21 Å². The number of hydrazine groups is 1. The fourth-order valence-electron chi connectivity index (χ4n) is 1.06. The summed E-state index contributed by atoms with van der Waals surface area (Å²) in [7, 11) is 0. The lowest BCUT2D eigenvalue weighted by molar-refractivity contribution is 0.926. The minimum atomic E-state index is 0.323. The Morgan fingerprint density at radius 2 is 2.08 bits per heavy atom. The number of rotatable bonds is 0. The summed E-state index contributed by atoms with van der Waals surface area (Å²) in [6.07, 6.45) is 0. The van der Waals surface area contributed by atoms with Crippen molar-refractivity contribution in [3.05, 3.63) is 29.5 Å². The van der Waals surface area contributed by atoms with E-state index in [0.29, 0.717) is 16.0 Å². The minimum Gasteiger partial charge on any atom is -0.739 e. The molecule has 2 rings (SSSR count). The van der Waals surface area contributed by atoms with Crippen LogP contribution < -0.4 is 15.9 Å². The lowest BCUT2D eigenvalue weighted by atomic mass is 10.2. The summed E-state index contributed by atoms with van der Waals surface area (Å²) in [5.41, 5.74) is 3.71. The first kappa shape index (κ1) is 7.33. The zero-order valence-corrected chi connectivity index (χ0v) is 6.89. The van der Waals surface area contributed by atoms with E-state index in [4.69, 9.17) is 12.2 Å². The van der Waals surface area contributed by atoms with E-state index >= 15 is 0 Å². The van der Waals surface area contributed by atoms with Crippen molar-refractivity contribution in [2.45, 2.75) is 0 Å². The summed E-state index contributed by atoms with van der Waals surface area (Å²) in [6, 6.07) is 7.15. The lowest BCUT2D eigenvalue weighted by Gasteiger charge is -2.37. The number of nitrogens with one attached hydrogen (secondary N) is 2. The summed E-state index contributed by atoms with van der Waals surface area (Å²) in [5, 5.41) is 15.0. The summed E-state index contributed by atoms with van der Waals surface area (Å²) < 4.78 is 0. The third-order valence-corrected chi connectivity index (χ3v) is 1.77. The van der Waals surface area contributed by atoms with Crippen molar-refractivity contribution < 1.29 is 0 Å². The predicted molar refractivity (Wildman–Crippen MR) is 51.6 cm³/mol. The second-order valence-corrected chi connectivity index (χ2v) is 2.79. The number of fused-ring (bicyclic) bond motifs is 1. The first-order valence-electron chi connectivity index (χ1n) is 3.41. The van der Waals surface area contributed by atoms with Gasteiger partial charge in [0.2, 0.25) is 0 Å². The standard InChI is InChI=1S/C7H6N3OS/c11-10-6-4-2-1-3-5(6)8-7(12)9-10/h1-4H,(H2,8,9,12)/q-1. The molecule has 0 saturated heterocycles. The monoisotopic (exact) mass is 180 g/mol. The molecule has 0 radical (unpaired) electrons.